The molecular weight excluding hydrogens is 210 g/mol. The molecule has 1 aromatic rings. The van der Waals surface area contributed by atoms with Crippen LogP contribution >= 0.6 is 0 Å². The van der Waals surface area contributed by atoms with Crippen molar-refractivity contribution in [2.75, 3.05) is 13.2 Å². The van der Waals surface area contributed by atoms with Crippen LogP contribution in [0.4, 0.5) is 0 Å². The molecule has 0 aromatic heterocycles. The highest BCUT2D eigenvalue weighted by Crippen LogP contribution is 2.09. The Morgan fingerprint density at radius 1 is 1.29 bits per heavy atom. The highest BCUT2D eigenvalue weighted by Gasteiger charge is 2.00. The second-order valence-corrected chi connectivity index (χ2v) is 3.89. The Morgan fingerprint density at radius 2 is 2.06 bits per heavy atom. The summed E-state index contributed by atoms with van der Waals surface area (Å²) in [6, 6.07) is 8.38. The van der Waals surface area contributed by atoms with Crippen LogP contribution < -0.4 is 5.32 Å². The van der Waals surface area contributed by atoms with Crippen LogP contribution in [0, 0.1) is 12.3 Å². The van der Waals surface area contributed by atoms with Gasteiger partial charge in [-0.25, -0.2) is 0 Å². The van der Waals surface area contributed by atoms with Gasteiger partial charge in [-0.2, -0.15) is 0 Å². The lowest BCUT2D eigenvalue weighted by Crippen LogP contribution is -2.16. The summed E-state index contributed by atoms with van der Waals surface area (Å²) in [6.07, 6.45) is 7.08. The van der Waals surface area contributed by atoms with Crippen molar-refractivity contribution in [3.63, 3.8) is 0 Å². The molecule has 2 heteroatoms. The van der Waals surface area contributed by atoms with Gasteiger partial charge >= 0.3 is 0 Å². The zero-order chi connectivity index (χ0) is 12.3. The summed E-state index contributed by atoms with van der Waals surface area (Å²) in [5.41, 5.74) is 2.57. The van der Waals surface area contributed by atoms with Crippen LogP contribution in [-0.2, 0) is 17.9 Å². The molecule has 0 amide bonds. The molecule has 0 aliphatic rings. The molecule has 2 nitrogen and oxygen atoms in total. The normalized spacial score (nSPS) is 10.1. The van der Waals surface area contributed by atoms with E-state index in [-0.39, 0.29) is 0 Å². The average Bonchev–Trinajstić information content (AvgIpc) is 2.37. The molecule has 0 aliphatic heterocycles. The molecule has 0 radical (unpaired) electrons. The minimum Gasteiger partial charge on any atom is -0.377 e. The maximum Gasteiger partial charge on any atom is 0.0719 e. The van der Waals surface area contributed by atoms with Crippen LogP contribution in [0.15, 0.2) is 24.3 Å². The fourth-order valence-electron chi connectivity index (χ4n) is 1.62. The molecule has 1 N–H and O–H groups in total. The van der Waals surface area contributed by atoms with E-state index in [0.29, 0.717) is 6.61 Å². The molecule has 0 bridgehead atoms. The van der Waals surface area contributed by atoms with Crippen LogP contribution in [0.3, 0.4) is 0 Å². The van der Waals surface area contributed by atoms with Crippen LogP contribution in [0.2, 0.25) is 0 Å². The van der Waals surface area contributed by atoms with Gasteiger partial charge in [0, 0.05) is 19.6 Å². The topological polar surface area (TPSA) is 21.3 Å². The van der Waals surface area contributed by atoms with Crippen molar-refractivity contribution in [1.82, 2.24) is 5.32 Å². The van der Waals surface area contributed by atoms with Gasteiger partial charge in [-0.05, 0) is 31.0 Å². The van der Waals surface area contributed by atoms with Gasteiger partial charge in [0.2, 0.25) is 0 Å². The van der Waals surface area contributed by atoms with Crippen molar-refractivity contribution in [2.24, 2.45) is 0 Å². The number of nitrogens with one attached hydrogen (secondary N) is 1. The number of terminal acetylenes is 1. The summed E-state index contributed by atoms with van der Waals surface area (Å²) >= 11 is 0. The summed E-state index contributed by atoms with van der Waals surface area (Å²) in [5, 5.41) is 3.40. The van der Waals surface area contributed by atoms with E-state index in [1.807, 2.05) is 6.92 Å². The third kappa shape index (κ3) is 5.53. The van der Waals surface area contributed by atoms with Crippen molar-refractivity contribution in [3.8, 4) is 12.3 Å². The molecule has 0 spiro atoms. The number of unbranched alkanes of at least 4 members (excludes halogenated alkanes) is 1. The van der Waals surface area contributed by atoms with Gasteiger partial charge in [-0.3, -0.25) is 0 Å². The molecule has 0 heterocycles. The summed E-state index contributed by atoms with van der Waals surface area (Å²) in [5.74, 6) is 2.65. The monoisotopic (exact) mass is 231 g/mol. The van der Waals surface area contributed by atoms with Crippen LogP contribution in [0.5, 0.6) is 0 Å². The van der Waals surface area contributed by atoms with Crippen LogP contribution in [0.25, 0.3) is 0 Å². The molecule has 0 atom stereocenters. The molecular formula is C15H21NO. The van der Waals surface area contributed by atoms with E-state index < -0.39 is 0 Å². The summed E-state index contributed by atoms with van der Waals surface area (Å²) in [6.45, 7) is 5.31. The number of benzene rings is 1. The van der Waals surface area contributed by atoms with E-state index in [9.17, 15) is 0 Å². The smallest absolute Gasteiger partial charge is 0.0719 e. The average molecular weight is 231 g/mol. The van der Waals surface area contributed by atoms with Crippen LogP contribution in [0.1, 0.15) is 30.9 Å². The molecule has 0 saturated carbocycles. The fourth-order valence-corrected chi connectivity index (χ4v) is 1.62. The first-order valence-corrected chi connectivity index (χ1v) is 6.17. The summed E-state index contributed by atoms with van der Waals surface area (Å²) in [7, 11) is 0. The van der Waals surface area contributed by atoms with E-state index in [0.717, 1.165) is 32.5 Å². The van der Waals surface area contributed by atoms with Gasteiger partial charge in [0.25, 0.3) is 0 Å². The third-order valence-electron chi connectivity index (χ3n) is 2.57. The van der Waals surface area contributed by atoms with Gasteiger partial charge < -0.3 is 10.1 Å². The maximum atomic E-state index is 5.45. The molecule has 1 aromatic carbocycles. The molecule has 0 aliphatic carbocycles. The Morgan fingerprint density at radius 3 is 2.76 bits per heavy atom. The second-order valence-electron chi connectivity index (χ2n) is 3.89. The van der Waals surface area contributed by atoms with Crippen molar-refractivity contribution in [1.29, 1.82) is 0 Å². The van der Waals surface area contributed by atoms with Crippen LogP contribution in [-0.4, -0.2) is 13.2 Å². The lowest BCUT2D eigenvalue weighted by molar-refractivity contribution is 0.133. The largest absolute Gasteiger partial charge is 0.377 e. The lowest BCUT2D eigenvalue weighted by atomic mass is 10.1. The van der Waals surface area contributed by atoms with Crippen molar-refractivity contribution >= 4 is 0 Å². The Hall–Kier alpha value is -1.30. The Kier molecular flexibility index (Phi) is 7.13. The minimum absolute atomic E-state index is 0.693. The van der Waals surface area contributed by atoms with Gasteiger partial charge in [0.1, 0.15) is 0 Å². The summed E-state index contributed by atoms with van der Waals surface area (Å²) < 4.78 is 5.45. The van der Waals surface area contributed by atoms with E-state index in [1.165, 1.54) is 11.1 Å². The standard InChI is InChI=1S/C15H21NO/c1-3-5-8-11-16-12-14-9-6-7-10-15(14)13-17-4-2/h1,6-7,9-10,16H,4-5,8,11-13H2,2H3. The second kappa shape index (κ2) is 8.81. The quantitative estimate of drug-likeness (QED) is 0.548. The maximum absolute atomic E-state index is 5.45. The fraction of sp³-hybridized carbons (Fsp3) is 0.467. The highest BCUT2D eigenvalue weighted by molar-refractivity contribution is 5.26. The van der Waals surface area contributed by atoms with Gasteiger partial charge in [0.05, 0.1) is 6.61 Å². The van der Waals surface area contributed by atoms with Crippen molar-refractivity contribution < 1.29 is 4.74 Å². The first-order chi connectivity index (χ1) is 8.38. The van der Waals surface area contributed by atoms with E-state index in [2.05, 4.69) is 35.5 Å². The molecule has 17 heavy (non-hydrogen) atoms. The predicted octanol–water partition coefficient (Wildman–Crippen LogP) is 2.73. The zero-order valence-electron chi connectivity index (χ0n) is 10.5. The number of hydrogen-bond donors (Lipinski definition) is 1. The minimum atomic E-state index is 0.693. The summed E-state index contributed by atoms with van der Waals surface area (Å²) in [4.78, 5) is 0. The number of rotatable bonds is 8. The third-order valence-corrected chi connectivity index (χ3v) is 2.57. The van der Waals surface area contributed by atoms with E-state index in [4.69, 9.17) is 11.2 Å². The Balaban J connectivity index is 2.38. The molecule has 0 fully saturated rings. The van der Waals surface area contributed by atoms with Crippen molar-refractivity contribution in [3.05, 3.63) is 35.4 Å². The van der Waals surface area contributed by atoms with Crippen molar-refractivity contribution in [2.45, 2.75) is 32.9 Å². The SMILES string of the molecule is C#CCCCNCc1ccccc1COCC. The number of hydrogen-bond acceptors (Lipinski definition) is 2. The molecule has 0 unspecified atom stereocenters. The molecule has 0 saturated heterocycles. The molecule has 92 valence electrons. The Bertz CT molecular complexity index is 354. The number of ether oxygens (including phenoxy) is 1. The Labute approximate surface area is 104 Å². The first kappa shape index (κ1) is 13.8. The molecule has 1 rings (SSSR count). The van der Waals surface area contributed by atoms with Gasteiger partial charge in [-0.1, -0.05) is 24.3 Å². The first-order valence-electron chi connectivity index (χ1n) is 6.17. The highest BCUT2D eigenvalue weighted by atomic mass is 16.5. The lowest BCUT2D eigenvalue weighted by Gasteiger charge is -2.10. The van der Waals surface area contributed by atoms with E-state index in [1.54, 1.807) is 0 Å². The van der Waals surface area contributed by atoms with Gasteiger partial charge in [-0.15, -0.1) is 12.3 Å². The predicted molar refractivity (Wildman–Crippen MR) is 71.5 cm³/mol. The zero-order valence-corrected chi connectivity index (χ0v) is 10.5. The van der Waals surface area contributed by atoms with Gasteiger partial charge in [0.15, 0.2) is 0 Å². The van der Waals surface area contributed by atoms with E-state index >= 15 is 0 Å².